The molecule has 4 rings (SSSR count). The first-order valence-corrected chi connectivity index (χ1v) is 11.0. The molecule has 1 saturated carbocycles. The molecular formula is C22H29ClN4O. The number of rotatable bonds is 3. The zero-order valence-corrected chi connectivity index (χ0v) is 17.2. The summed E-state index contributed by atoms with van der Waals surface area (Å²) in [6.45, 7) is 5.71. The minimum Gasteiger partial charge on any atom is -0.371 e. The smallest absolute Gasteiger partial charge is 0.225 e. The fraction of sp³-hybridized carbons (Fsp3) is 0.636. The number of amides is 1. The number of carbonyl (C=O) groups excluding carboxylic acids is 1. The van der Waals surface area contributed by atoms with Gasteiger partial charge < -0.3 is 9.80 Å². The molecule has 6 heteroatoms. The fourth-order valence-corrected chi connectivity index (χ4v) is 4.93. The molecule has 28 heavy (non-hydrogen) atoms. The molecule has 1 aromatic carbocycles. The van der Waals surface area contributed by atoms with Gasteiger partial charge in [0, 0.05) is 56.9 Å². The first-order valence-electron chi connectivity index (χ1n) is 10.6. The Balaban J connectivity index is 1.30. The van der Waals surface area contributed by atoms with Gasteiger partial charge in [-0.05, 0) is 50.3 Å². The molecule has 1 aliphatic carbocycles. The fourth-order valence-electron chi connectivity index (χ4n) is 4.71. The van der Waals surface area contributed by atoms with Crippen LogP contribution in [-0.2, 0) is 4.79 Å². The Morgan fingerprint density at radius 1 is 1.00 bits per heavy atom. The maximum atomic E-state index is 13.1. The van der Waals surface area contributed by atoms with Crippen LogP contribution in [-0.4, -0.2) is 61.0 Å². The van der Waals surface area contributed by atoms with Crippen LogP contribution in [0.3, 0.4) is 0 Å². The third-order valence-electron chi connectivity index (χ3n) is 6.72. The minimum absolute atomic E-state index is 0.139. The lowest BCUT2D eigenvalue weighted by Gasteiger charge is -2.37. The molecule has 2 aliphatic heterocycles. The Hall–Kier alpha value is -1.77. The van der Waals surface area contributed by atoms with E-state index in [-0.39, 0.29) is 5.92 Å². The van der Waals surface area contributed by atoms with Crippen LogP contribution < -0.4 is 4.90 Å². The highest BCUT2D eigenvalue weighted by atomic mass is 35.5. The zero-order valence-electron chi connectivity index (χ0n) is 16.4. The van der Waals surface area contributed by atoms with Gasteiger partial charge in [0.1, 0.15) is 6.07 Å². The Morgan fingerprint density at radius 2 is 1.79 bits per heavy atom. The summed E-state index contributed by atoms with van der Waals surface area (Å²) < 4.78 is 0. The molecule has 0 atom stereocenters. The van der Waals surface area contributed by atoms with Crippen molar-refractivity contribution in [2.45, 2.75) is 44.6 Å². The van der Waals surface area contributed by atoms with E-state index in [4.69, 9.17) is 16.9 Å². The van der Waals surface area contributed by atoms with E-state index in [0.29, 0.717) is 16.5 Å². The Bertz CT molecular complexity index is 749. The van der Waals surface area contributed by atoms with Crippen molar-refractivity contribution in [3.05, 3.63) is 28.8 Å². The number of hydrogen-bond donors (Lipinski definition) is 0. The van der Waals surface area contributed by atoms with Crippen LogP contribution in [0.4, 0.5) is 5.69 Å². The van der Waals surface area contributed by atoms with Gasteiger partial charge in [0.05, 0.1) is 10.6 Å². The molecule has 0 bridgehead atoms. The summed E-state index contributed by atoms with van der Waals surface area (Å²) in [5, 5.41) is 9.53. The monoisotopic (exact) mass is 400 g/mol. The number of piperidine rings is 1. The van der Waals surface area contributed by atoms with Gasteiger partial charge in [-0.25, -0.2) is 0 Å². The first-order chi connectivity index (χ1) is 13.7. The van der Waals surface area contributed by atoms with E-state index in [9.17, 15) is 4.79 Å². The Morgan fingerprint density at radius 3 is 2.43 bits per heavy atom. The van der Waals surface area contributed by atoms with Crippen molar-refractivity contribution in [1.82, 2.24) is 9.80 Å². The third-order valence-corrected chi connectivity index (χ3v) is 7.03. The molecule has 150 valence electrons. The number of nitriles is 1. The van der Waals surface area contributed by atoms with Crippen molar-refractivity contribution in [1.29, 1.82) is 5.26 Å². The van der Waals surface area contributed by atoms with Crippen molar-refractivity contribution in [3.63, 3.8) is 0 Å². The molecule has 5 nitrogen and oxygen atoms in total. The molecule has 2 saturated heterocycles. The number of anilines is 1. The average molecular weight is 401 g/mol. The summed E-state index contributed by atoms with van der Waals surface area (Å²) in [7, 11) is 0. The number of carbonyl (C=O) groups is 1. The zero-order chi connectivity index (χ0) is 19.5. The van der Waals surface area contributed by atoms with Gasteiger partial charge in [-0.15, -0.1) is 0 Å². The van der Waals surface area contributed by atoms with Crippen LogP contribution >= 0.6 is 11.6 Å². The van der Waals surface area contributed by atoms with Gasteiger partial charge in [-0.1, -0.05) is 18.0 Å². The van der Waals surface area contributed by atoms with Gasteiger partial charge in [0.15, 0.2) is 0 Å². The molecule has 0 aromatic heterocycles. The standard InChI is InChI=1S/C22H29ClN4O/c23-21-15-20(6-5-18(21)16-24)26-11-7-17(8-12-26)22(28)27-10-2-9-25(13-14-27)19-3-1-4-19/h5-6,15,17,19H,1-4,7-14H2. The second-order valence-corrected chi connectivity index (χ2v) is 8.74. The van der Waals surface area contributed by atoms with Crippen molar-refractivity contribution in [2.75, 3.05) is 44.2 Å². The molecule has 3 aliphatic rings. The van der Waals surface area contributed by atoms with Crippen molar-refractivity contribution < 1.29 is 4.79 Å². The van der Waals surface area contributed by atoms with Crippen LogP contribution in [0, 0.1) is 17.2 Å². The van der Waals surface area contributed by atoms with Gasteiger partial charge in [0.2, 0.25) is 5.91 Å². The molecule has 1 amide bonds. The molecule has 0 spiro atoms. The van der Waals surface area contributed by atoms with E-state index in [1.165, 1.54) is 19.3 Å². The maximum absolute atomic E-state index is 13.1. The van der Waals surface area contributed by atoms with E-state index < -0.39 is 0 Å². The predicted octanol–water partition coefficient (Wildman–Crippen LogP) is 3.51. The lowest BCUT2D eigenvalue weighted by molar-refractivity contribution is -0.136. The van der Waals surface area contributed by atoms with Crippen LogP contribution in [0.5, 0.6) is 0 Å². The summed E-state index contributed by atoms with van der Waals surface area (Å²) in [6.07, 6.45) is 6.92. The van der Waals surface area contributed by atoms with E-state index >= 15 is 0 Å². The molecular weight excluding hydrogens is 372 g/mol. The molecule has 0 unspecified atom stereocenters. The van der Waals surface area contributed by atoms with Crippen molar-refractivity contribution >= 4 is 23.2 Å². The quantitative estimate of drug-likeness (QED) is 0.779. The Labute approximate surface area is 172 Å². The molecule has 2 heterocycles. The lowest BCUT2D eigenvalue weighted by Crippen LogP contribution is -2.45. The summed E-state index contributed by atoms with van der Waals surface area (Å²) in [5.41, 5.74) is 1.55. The topological polar surface area (TPSA) is 50.6 Å². The van der Waals surface area contributed by atoms with E-state index in [2.05, 4.69) is 20.8 Å². The summed E-state index contributed by atoms with van der Waals surface area (Å²) >= 11 is 6.18. The summed E-state index contributed by atoms with van der Waals surface area (Å²) in [4.78, 5) is 20.1. The Kier molecular flexibility index (Phi) is 6.08. The SMILES string of the molecule is N#Cc1ccc(N2CCC(C(=O)N3CCCN(C4CCC4)CC3)CC2)cc1Cl. The average Bonchev–Trinajstić information content (AvgIpc) is 2.92. The van der Waals surface area contributed by atoms with Crippen molar-refractivity contribution in [3.8, 4) is 6.07 Å². The van der Waals surface area contributed by atoms with Crippen molar-refractivity contribution in [2.24, 2.45) is 5.92 Å². The summed E-state index contributed by atoms with van der Waals surface area (Å²) in [6, 6.07) is 8.48. The normalized spacial score (nSPS) is 22.4. The molecule has 3 fully saturated rings. The minimum atomic E-state index is 0.139. The number of halogens is 1. The molecule has 1 aromatic rings. The lowest BCUT2D eigenvalue weighted by atomic mass is 9.91. The highest BCUT2D eigenvalue weighted by Gasteiger charge is 2.32. The number of benzene rings is 1. The van der Waals surface area contributed by atoms with Crippen LogP contribution in [0.2, 0.25) is 5.02 Å². The van der Waals surface area contributed by atoms with E-state index in [1.807, 2.05) is 12.1 Å². The predicted molar refractivity (Wildman–Crippen MR) is 112 cm³/mol. The van der Waals surface area contributed by atoms with Crippen LogP contribution in [0.1, 0.15) is 44.1 Å². The highest BCUT2D eigenvalue weighted by Crippen LogP contribution is 2.29. The molecule has 0 N–H and O–H groups in total. The van der Waals surface area contributed by atoms with E-state index in [0.717, 1.165) is 70.3 Å². The van der Waals surface area contributed by atoms with Crippen LogP contribution in [0.15, 0.2) is 18.2 Å². The van der Waals surface area contributed by atoms with Gasteiger partial charge in [-0.3, -0.25) is 9.69 Å². The van der Waals surface area contributed by atoms with E-state index in [1.54, 1.807) is 6.07 Å². The second kappa shape index (κ2) is 8.71. The maximum Gasteiger partial charge on any atom is 0.225 e. The van der Waals surface area contributed by atoms with Gasteiger partial charge in [-0.2, -0.15) is 5.26 Å². The largest absolute Gasteiger partial charge is 0.371 e. The first kappa shape index (κ1) is 19.5. The number of nitrogens with zero attached hydrogens (tertiary/aromatic N) is 4. The highest BCUT2D eigenvalue weighted by molar-refractivity contribution is 6.32. The van der Waals surface area contributed by atoms with Gasteiger partial charge in [0.25, 0.3) is 0 Å². The second-order valence-electron chi connectivity index (χ2n) is 8.34. The molecule has 0 radical (unpaired) electrons. The summed E-state index contributed by atoms with van der Waals surface area (Å²) in [5.74, 6) is 0.494. The number of hydrogen-bond acceptors (Lipinski definition) is 4. The third kappa shape index (κ3) is 4.14. The van der Waals surface area contributed by atoms with Crippen LogP contribution in [0.25, 0.3) is 0 Å². The van der Waals surface area contributed by atoms with Gasteiger partial charge >= 0.3 is 0 Å².